The lowest BCUT2D eigenvalue weighted by atomic mass is 10.1. The first-order valence-electron chi connectivity index (χ1n) is 7.70. The molecule has 124 valence electrons. The first kappa shape index (κ1) is 16.3. The van der Waals surface area contributed by atoms with Crippen LogP contribution in [0.25, 0.3) is 0 Å². The minimum Gasteiger partial charge on any atom is -0.507 e. The molecule has 2 N–H and O–H groups in total. The predicted octanol–water partition coefficient (Wildman–Crippen LogP) is 3.38. The van der Waals surface area contributed by atoms with Crippen LogP contribution in [0.15, 0.2) is 84.9 Å². The lowest BCUT2D eigenvalue weighted by molar-refractivity contribution is 0.0886. The van der Waals surface area contributed by atoms with Crippen molar-refractivity contribution in [3.8, 4) is 5.75 Å². The fourth-order valence-corrected chi connectivity index (χ4v) is 2.34. The molecule has 3 aromatic carbocycles. The smallest absolute Gasteiger partial charge is 0.280 e. The Morgan fingerprint density at radius 2 is 1.32 bits per heavy atom. The summed E-state index contributed by atoms with van der Waals surface area (Å²) in [4.78, 5) is 25.4. The van der Waals surface area contributed by atoms with Gasteiger partial charge in [-0.25, -0.2) is 5.01 Å². The van der Waals surface area contributed by atoms with Gasteiger partial charge in [-0.15, -0.1) is 0 Å². The number of phenolic OH excluding ortho intramolecular Hbond substituents is 1. The summed E-state index contributed by atoms with van der Waals surface area (Å²) >= 11 is 0. The number of benzene rings is 3. The molecule has 0 spiro atoms. The molecule has 0 aliphatic carbocycles. The largest absolute Gasteiger partial charge is 0.507 e. The van der Waals surface area contributed by atoms with Gasteiger partial charge >= 0.3 is 0 Å². The highest BCUT2D eigenvalue weighted by molar-refractivity contribution is 6.10. The highest BCUT2D eigenvalue weighted by Crippen LogP contribution is 2.21. The van der Waals surface area contributed by atoms with Gasteiger partial charge in [0.2, 0.25) is 0 Å². The van der Waals surface area contributed by atoms with Crippen LogP contribution < -0.4 is 10.4 Å². The van der Waals surface area contributed by atoms with E-state index in [2.05, 4.69) is 5.43 Å². The van der Waals surface area contributed by atoms with Crippen LogP contribution in [0, 0.1) is 0 Å². The van der Waals surface area contributed by atoms with Gasteiger partial charge in [0.05, 0.1) is 11.3 Å². The molecule has 0 radical (unpaired) electrons. The van der Waals surface area contributed by atoms with E-state index in [1.807, 2.05) is 6.07 Å². The lowest BCUT2D eigenvalue weighted by Crippen LogP contribution is -2.46. The maximum Gasteiger partial charge on any atom is 0.280 e. The Morgan fingerprint density at radius 3 is 1.96 bits per heavy atom. The third kappa shape index (κ3) is 3.67. The number of hydrogen-bond acceptors (Lipinski definition) is 3. The standard InChI is InChI=1S/C20H16N2O3/c23-18-14-8-7-13-17(18)20(25)22(16-11-5-2-6-12-16)21-19(24)15-9-3-1-4-10-15/h1-14,23H,(H,21,24). The first-order chi connectivity index (χ1) is 12.2. The Bertz CT molecular complexity index is 880. The number of hydrogen-bond donors (Lipinski definition) is 2. The molecule has 0 atom stereocenters. The van der Waals surface area contributed by atoms with Gasteiger partial charge in [0.25, 0.3) is 11.8 Å². The Hall–Kier alpha value is -3.60. The number of carbonyl (C=O) groups excluding carboxylic acids is 2. The highest BCUT2D eigenvalue weighted by atomic mass is 16.3. The normalized spacial score (nSPS) is 10.1. The average Bonchev–Trinajstić information content (AvgIpc) is 2.67. The van der Waals surface area contributed by atoms with E-state index in [9.17, 15) is 14.7 Å². The van der Waals surface area contributed by atoms with Crippen molar-refractivity contribution >= 4 is 17.5 Å². The second-order valence-corrected chi connectivity index (χ2v) is 5.30. The van der Waals surface area contributed by atoms with Crippen LogP contribution >= 0.6 is 0 Å². The van der Waals surface area contributed by atoms with Crippen LogP contribution in [0.3, 0.4) is 0 Å². The number of anilines is 1. The molecule has 0 bridgehead atoms. The SMILES string of the molecule is O=C(NN(C(=O)c1ccccc1O)c1ccccc1)c1ccccc1. The summed E-state index contributed by atoms with van der Waals surface area (Å²) in [6.07, 6.45) is 0. The maximum absolute atomic E-state index is 12.9. The summed E-state index contributed by atoms with van der Waals surface area (Å²) in [6, 6.07) is 23.5. The van der Waals surface area contributed by atoms with Crippen molar-refractivity contribution in [2.45, 2.75) is 0 Å². The molecule has 0 fully saturated rings. The van der Waals surface area contributed by atoms with Crippen LogP contribution in [-0.2, 0) is 0 Å². The van der Waals surface area contributed by atoms with Gasteiger partial charge < -0.3 is 5.11 Å². The van der Waals surface area contributed by atoms with Gasteiger partial charge in [0.15, 0.2) is 0 Å². The van der Waals surface area contributed by atoms with Gasteiger partial charge in [-0.3, -0.25) is 15.0 Å². The second kappa shape index (κ2) is 7.31. The van der Waals surface area contributed by atoms with E-state index in [4.69, 9.17) is 0 Å². The van der Waals surface area contributed by atoms with E-state index >= 15 is 0 Å². The Kier molecular flexibility index (Phi) is 4.76. The molecule has 3 aromatic rings. The number of carbonyl (C=O) groups is 2. The second-order valence-electron chi connectivity index (χ2n) is 5.30. The topological polar surface area (TPSA) is 69.6 Å². The zero-order chi connectivity index (χ0) is 17.6. The molecule has 5 heteroatoms. The minimum absolute atomic E-state index is 0.0970. The number of aromatic hydroxyl groups is 1. The van der Waals surface area contributed by atoms with E-state index in [1.165, 1.54) is 12.1 Å². The third-order valence-corrected chi connectivity index (χ3v) is 3.60. The summed E-state index contributed by atoms with van der Waals surface area (Å²) < 4.78 is 0. The summed E-state index contributed by atoms with van der Waals surface area (Å²) in [7, 11) is 0. The number of phenols is 1. The lowest BCUT2D eigenvalue weighted by Gasteiger charge is -2.23. The summed E-state index contributed by atoms with van der Waals surface area (Å²) in [6.45, 7) is 0. The van der Waals surface area contributed by atoms with Crippen LogP contribution in [-0.4, -0.2) is 16.9 Å². The molecule has 0 saturated heterocycles. The molecular formula is C20H16N2O3. The van der Waals surface area contributed by atoms with Crippen LogP contribution in [0.1, 0.15) is 20.7 Å². The Labute approximate surface area is 145 Å². The molecule has 2 amide bonds. The number of nitrogens with one attached hydrogen (secondary N) is 1. The molecular weight excluding hydrogens is 316 g/mol. The van der Waals surface area contributed by atoms with Crippen molar-refractivity contribution < 1.29 is 14.7 Å². The van der Waals surface area contributed by atoms with Crippen LogP contribution in [0.5, 0.6) is 5.75 Å². The Balaban J connectivity index is 1.95. The van der Waals surface area contributed by atoms with Crippen LogP contribution in [0.4, 0.5) is 5.69 Å². The summed E-state index contributed by atoms with van der Waals surface area (Å²) in [5.41, 5.74) is 3.62. The van der Waals surface area contributed by atoms with Crippen LogP contribution in [0.2, 0.25) is 0 Å². The van der Waals surface area contributed by atoms with Gasteiger partial charge in [-0.05, 0) is 36.4 Å². The maximum atomic E-state index is 12.9. The zero-order valence-corrected chi connectivity index (χ0v) is 13.3. The van der Waals surface area contributed by atoms with E-state index in [0.29, 0.717) is 11.3 Å². The highest BCUT2D eigenvalue weighted by Gasteiger charge is 2.22. The molecule has 0 aromatic heterocycles. The third-order valence-electron chi connectivity index (χ3n) is 3.60. The van der Waals surface area contributed by atoms with E-state index in [-0.39, 0.29) is 11.3 Å². The number of para-hydroxylation sites is 2. The van der Waals surface area contributed by atoms with Crippen molar-refractivity contribution in [3.63, 3.8) is 0 Å². The fraction of sp³-hybridized carbons (Fsp3) is 0. The van der Waals surface area contributed by atoms with E-state index in [1.54, 1.807) is 66.7 Å². The monoisotopic (exact) mass is 332 g/mol. The van der Waals surface area contributed by atoms with Gasteiger partial charge in [0, 0.05) is 5.56 Å². The number of nitrogens with zero attached hydrogens (tertiary/aromatic N) is 1. The zero-order valence-electron chi connectivity index (χ0n) is 13.3. The quantitative estimate of drug-likeness (QED) is 0.722. The summed E-state index contributed by atoms with van der Waals surface area (Å²) in [5.74, 6) is -1.11. The van der Waals surface area contributed by atoms with Gasteiger partial charge in [-0.1, -0.05) is 48.5 Å². The molecule has 0 heterocycles. The first-order valence-corrected chi connectivity index (χ1v) is 7.70. The molecule has 5 nitrogen and oxygen atoms in total. The number of rotatable bonds is 3. The number of hydrazine groups is 1. The van der Waals surface area contributed by atoms with Crippen molar-refractivity contribution in [1.82, 2.24) is 5.43 Å². The fourth-order valence-electron chi connectivity index (χ4n) is 2.34. The molecule has 25 heavy (non-hydrogen) atoms. The predicted molar refractivity (Wildman–Crippen MR) is 95.3 cm³/mol. The van der Waals surface area contributed by atoms with Gasteiger partial charge in [-0.2, -0.15) is 0 Å². The summed E-state index contributed by atoms with van der Waals surface area (Å²) in [5, 5.41) is 11.1. The van der Waals surface area contributed by atoms with Gasteiger partial charge in [0.1, 0.15) is 5.75 Å². The number of amides is 2. The van der Waals surface area contributed by atoms with Crippen molar-refractivity contribution in [2.75, 3.05) is 5.01 Å². The van der Waals surface area contributed by atoms with Crippen molar-refractivity contribution in [3.05, 3.63) is 96.1 Å². The molecule has 0 unspecified atom stereocenters. The molecule has 0 aliphatic rings. The Morgan fingerprint density at radius 1 is 0.760 bits per heavy atom. The molecule has 0 saturated carbocycles. The molecule has 3 rings (SSSR count). The van der Waals surface area contributed by atoms with E-state index < -0.39 is 11.8 Å². The minimum atomic E-state index is -0.534. The van der Waals surface area contributed by atoms with Crippen molar-refractivity contribution in [1.29, 1.82) is 0 Å². The average molecular weight is 332 g/mol. The van der Waals surface area contributed by atoms with Crippen molar-refractivity contribution in [2.24, 2.45) is 0 Å². The molecule has 0 aliphatic heterocycles. The van der Waals surface area contributed by atoms with E-state index in [0.717, 1.165) is 5.01 Å².